The predicted molar refractivity (Wildman–Crippen MR) is 57.6 cm³/mol. The molecule has 0 bridgehead atoms. The first kappa shape index (κ1) is 11.4. The van der Waals surface area contributed by atoms with E-state index in [0.29, 0.717) is 12.8 Å². The van der Waals surface area contributed by atoms with Crippen LogP contribution < -0.4 is 0 Å². The average molecular weight is 226 g/mol. The number of carbonyl (C=O) groups excluding carboxylic acids is 2. The maximum Gasteiger partial charge on any atom is 0.225 e. The van der Waals surface area contributed by atoms with E-state index >= 15 is 0 Å². The highest BCUT2D eigenvalue weighted by molar-refractivity contribution is 5.85. The normalized spacial score (nSPS) is 23.7. The SMILES string of the molecule is COC1CCCN1C(=O)CCC(=O)N1CC1. The first-order valence-electron chi connectivity index (χ1n) is 5.82. The standard InChI is InChI=1S/C11H18N2O3/c1-16-11-3-2-6-13(11)10(15)5-4-9(14)12-7-8-12/h11H,2-8H2,1H3. The number of methoxy groups -OCH3 is 1. The highest BCUT2D eigenvalue weighted by atomic mass is 16.5. The second-order valence-corrected chi connectivity index (χ2v) is 4.30. The van der Waals surface area contributed by atoms with Crippen LogP contribution in [0.3, 0.4) is 0 Å². The second kappa shape index (κ2) is 4.82. The van der Waals surface area contributed by atoms with Crippen molar-refractivity contribution in [2.24, 2.45) is 0 Å². The molecule has 2 rings (SSSR count). The highest BCUT2D eigenvalue weighted by Crippen LogP contribution is 2.19. The predicted octanol–water partition coefficient (Wildman–Crippen LogP) is 0.204. The maximum absolute atomic E-state index is 11.8. The third-order valence-corrected chi connectivity index (χ3v) is 3.14. The monoisotopic (exact) mass is 226 g/mol. The summed E-state index contributed by atoms with van der Waals surface area (Å²) >= 11 is 0. The third-order valence-electron chi connectivity index (χ3n) is 3.14. The van der Waals surface area contributed by atoms with Crippen molar-refractivity contribution in [1.82, 2.24) is 9.80 Å². The number of hydrogen-bond acceptors (Lipinski definition) is 3. The van der Waals surface area contributed by atoms with Gasteiger partial charge < -0.3 is 14.5 Å². The summed E-state index contributed by atoms with van der Waals surface area (Å²) in [7, 11) is 1.62. The van der Waals surface area contributed by atoms with Gasteiger partial charge in [0.2, 0.25) is 11.8 Å². The van der Waals surface area contributed by atoms with Crippen LogP contribution in [0.2, 0.25) is 0 Å². The lowest BCUT2D eigenvalue weighted by Gasteiger charge is -2.23. The van der Waals surface area contributed by atoms with Crippen LogP contribution in [0.15, 0.2) is 0 Å². The van der Waals surface area contributed by atoms with Crippen molar-refractivity contribution in [3.05, 3.63) is 0 Å². The lowest BCUT2D eigenvalue weighted by Crippen LogP contribution is -2.36. The molecule has 0 radical (unpaired) electrons. The first-order chi connectivity index (χ1) is 7.72. The minimum Gasteiger partial charge on any atom is -0.362 e. The van der Waals surface area contributed by atoms with Gasteiger partial charge in [0.05, 0.1) is 0 Å². The molecule has 2 aliphatic heterocycles. The Bertz CT molecular complexity index is 289. The molecule has 90 valence electrons. The minimum absolute atomic E-state index is 0.0413. The van der Waals surface area contributed by atoms with E-state index in [0.717, 1.165) is 32.5 Å². The van der Waals surface area contributed by atoms with Crippen LogP contribution in [0.4, 0.5) is 0 Å². The quantitative estimate of drug-likeness (QED) is 0.644. The summed E-state index contributed by atoms with van der Waals surface area (Å²) in [5, 5.41) is 0. The van der Waals surface area contributed by atoms with Crippen LogP contribution in [-0.2, 0) is 14.3 Å². The van der Waals surface area contributed by atoms with E-state index < -0.39 is 0 Å². The third kappa shape index (κ3) is 2.52. The lowest BCUT2D eigenvalue weighted by molar-refractivity contribution is -0.141. The number of amides is 2. The molecule has 0 aromatic carbocycles. The van der Waals surface area contributed by atoms with E-state index in [1.165, 1.54) is 0 Å². The van der Waals surface area contributed by atoms with Crippen LogP contribution in [0.5, 0.6) is 0 Å². The highest BCUT2D eigenvalue weighted by Gasteiger charge is 2.30. The molecule has 0 aromatic heterocycles. The van der Waals surface area contributed by atoms with Gasteiger partial charge in [-0.15, -0.1) is 0 Å². The molecule has 2 saturated heterocycles. The van der Waals surface area contributed by atoms with E-state index in [4.69, 9.17) is 4.74 Å². The van der Waals surface area contributed by atoms with E-state index in [-0.39, 0.29) is 18.0 Å². The van der Waals surface area contributed by atoms with Crippen molar-refractivity contribution in [2.45, 2.75) is 31.9 Å². The number of likely N-dealkylation sites (tertiary alicyclic amines) is 1. The molecule has 0 aromatic rings. The van der Waals surface area contributed by atoms with Crippen LogP contribution in [0, 0.1) is 0 Å². The minimum atomic E-state index is -0.0798. The van der Waals surface area contributed by atoms with Crippen LogP contribution in [0.25, 0.3) is 0 Å². The Kier molecular flexibility index (Phi) is 3.43. The van der Waals surface area contributed by atoms with Gasteiger partial charge in [0, 0.05) is 39.6 Å². The summed E-state index contributed by atoms with van der Waals surface area (Å²) in [5.74, 6) is 0.140. The molecule has 0 aliphatic carbocycles. The summed E-state index contributed by atoms with van der Waals surface area (Å²) in [6, 6.07) is 0. The summed E-state index contributed by atoms with van der Waals surface area (Å²) in [6.45, 7) is 2.48. The molecule has 0 saturated carbocycles. The molecule has 16 heavy (non-hydrogen) atoms. The fourth-order valence-corrected chi connectivity index (χ4v) is 2.08. The van der Waals surface area contributed by atoms with Gasteiger partial charge >= 0.3 is 0 Å². The largest absolute Gasteiger partial charge is 0.362 e. The van der Waals surface area contributed by atoms with Crippen molar-refractivity contribution in [3.8, 4) is 0 Å². The van der Waals surface area contributed by atoms with Gasteiger partial charge in [-0.3, -0.25) is 9.59 Å². The van der Waals surface area contributed by atoms with Gasteiger partial charge in [0.15, 0.2) is 0 Å². The van der Waals surface area contributed by atoms with Gasteiger partial charge in [-0.1, -0.05) is 0 Å². The lowest BCUT2D eigenvalue weighted by atomic mass is 10.2. The van der Waals surface area contributed by atoms with Gasteiger partial charge in [0.25, 0.3) is 0 Å². The smallest absolute Gasteiger partial charge is 0.225 e. The van der Waals surface area contributed by atoms with Crippen molar-refractivity contribution < 1.29 is 14.3 Å². The fraction of sp³-hybridized carbons (Fsp3) is 0.818. The second-order valence-electron chi connectivity index (χ2n) is 4.30. The zero-order valence-corrected chi connectivity index (χ0v) is 9.65. The average Bonchev–Trinajstić information content (AvgIpc) is 3.03. The molecular weight excluding hydrogens is 208 g/mol. The Hall–Kier alpha value is -1.10. The maximum atomic E-state index is 11.8. The molecule has 1 atom stereocenters. The van der Waals surface area contributed by atoms with Crippen LogP contribution >= 0.6 is 0 Å². The molecule has 1 unspecified atom stereocenters. The molecule has 0 spiro atoms. The van der Waals surface area contributed by atoms with Crippen molar-refractivity contribution >= 4 is 11.8 Å². The van der Waals surface area contributed by atoms with Crippen molar-refractivity contribution in [1.29, 1.82) is 0 Å². The van der Waals surface area contributed by atoms with Gasteiger partial charge in [-0.2, -0.15) is 0 Å². The summed E-state index contributed by atoms with van der Waals surface area (Å²) in [4.78, 5) is 26.7. The van der Waals surface area contributed by atoms with Gasteiger partial charge in [-0.05, 0) is 12.8 Å². The first-order valence-corrected chi connectivity index (χ1v) is 5.82. The van der Waals surface area contributed by atoms with E-state index in [1.54, 1.807) is 16.9 Å². The Balaban J connectivity index is 1.76. The Morgan fingerprint density at radius 3 is 2.50 bits per heavy atom. The molecule has 2 fully saturated rings. The summed E-state index contributed by atoms with van der Waals surface area (Å²) in [6.07, 6.45) is 2.47. The zero-order valence-electron chi connectivity index (χ0n) is 9.65. The molecule has 2 heterocycles. The van der Waals surface area contributed by atoms with Gasteiger partial charge in [0.1, 0.15) is 6.23 Å². The number of ether oxygens (including phenoxy) is 1. The topological polar surface area (TPSA) is 49.6 Å². The van der Waals surface area contributed by atoms with Crippen molar-refractivity contribution in [2.75, 3.05) is 26.7 Å². The number of nitrogens with zero attached hydrogens (tertiary/aromatic N) is 2. The van der Waals surface area contributed by atoms with Crippen molar-refractivity contribution in [3.63, 3.8) is 0 Å². The van der Waals surface area contributed by atoms with Crippen LogP contribution in [0.1, 0.15) is 25.7 Å². The van der Waals surface area contributed by atoms with Crippen LogP contribution in [-0.4, -0.2) is 54.6 Å². The number of rotatable bonds is 4. The fourth-order valence-electron chi connectivity index (χ4n) is 2.08. The zero-order chi connectivity index (χ0) is 11.5. The Labute approximate surface area is 95.3 Å². The van der Waals surface area contributed by atoms with E-state index in [9.17, 15) is 9.59 Å². The molecule has 0 N–H and O–H groups in total. The summed E-state index contributed by atoms with van der Waals surface area (Å²) < 4.78 is 5.22. The van der Waals surface area contributed by atoms with E-state index in [1.807, 2.05) is 0 Å². The number of hydrogen-bond donors (Lipinski definition) is 0. The number of carbonyl (C=O) groups is 2. The molecular formula is C11H18N2O3. The molecule has 5 nitrogen and oxygen atoms in total. The molecule has 5 heteroatoms. The van der Waals surface area contributed by atoms with E-state index in [2.05, 4.69) is 0 Å². The van der Waals surface area contributed by atoms with Gasteiger partial charge in [-0.25, -0.2) is 0 Å². The molecule has 2 aliphatic rings. The summed E-state index contributed by atoms with van der Waals surface area (Å²) in [5.41, 5.74) is 0. The Morgan fingerprint density at radius 2 is 1.88 bits per heavy atom. The molecule has 2 amide bonds. The Morgan fingerprint density at radius 1 is 1.19 bits per heavy atom.